The molecule has 6 atom stereocenters. The Morgan fingerprint density at radius 3 is 2.57 bits per heavy atom. The molecule has 0 aliphatic carbocycles. The molecule has 6 N–H and O–H groups in total. The molecule has 0 amide bonds. The number of hydrogen-bond acceptors (Lipinski definition) is 15. The third kappa shape index (κ3) is 6.44. The SMILES string of the molecule is COc1nc(N)nc2c1ncn2[C@@H]1OC(COP(=O)(N[C@@H](C)C(=O)OC(C)C)SCc2c(O)n(C)c(=O)n2C)[C@@H](O)[C@@]1(C)O. The first-order chi connectivity index (χ1) is 20.5. The van der Waals surface area contributed by atoms with Gasteiger partial charge in [-0.3, -0.25) is 23.1 Å². The molecule has 4 rings (SSSR count). The first-order valence-corrected chi connectivity index (χ1v) is 16.6. The number of ether oxygens (including phenoxy) is 3. The van der Waals surface area contributed by atoms with Gasteiger partial charge in [-0.05, 0) is 39.1 Å². The number of rotatable bonds is 12. The van der Waals surface area contributed by atoms with Gasteiger partial charge >= 0.3 is 18.4 Å². The molecule has 1 fully saturated rings. The Bertz CT molecular complexity index is 1640. The van der Waals surface area contributed by atoms with Gasteiger partial charge in [-0.25, -0.2) is 14.9 Å². The third-order valence-corrected chi connectivity index (χ3v) is 11.0. The molecule has 44 heavy (non-hydrogen) atoms. The number of nitrogens with zero attached hydrogens (tertiary/aromatic N) is 6. The topological polar surface area (TPSA) is 240 Å². The number of imidazole rings is 2. The molecule has 3 aromatic rings. The van der Waals surface area contributed by atoms with Crippen LogP contribution >= 0.6 is 18.1 Å². The van der Waals surface area contributed by atoms with Crippen LogP contribution in [0.5, 0.6) is 11.8 Å². The van der Waals surface area contributed by atoms with Crippen molar-refractivity contribution in [2.45, 2.75) is 69.6 Å². The van der Waals surface area contributed by atoms with Gasteiger partial charge < -0.3 is 39.8 Å². The van der Waals surface area contributed by atoms with E-state index in [-0.39, 0.29) is 40.3 Å². The lowest BCUT2D eigenvalue weighted by molar-refractivity contribution is -0.149. The van der Waals surface area contributed by atoms with E-state index < -0.39 is 61.2 Å². The largest absolute Gasteiger partial charge is 0.493 e. The van der Waals surface area contributed by atoms with E-state index in [1.54, 1.807) is 13.8 Å². The normalized spacial score (nSPS) is 24.1. The highest BCUT2D eigenvalue weighted by Gasteiger charge is 2.54. The summed E-state index contributed by atoms with van der Waals surface area (Å²) in [6.45, 7) is 1.53. The van der Waals surface area contributed by atoms with Gasteiger partial charge in [0.15, 0.2) is 17.4 Å². The van der Waals surface area contributed by atoms with E-state index >= 15 is 0 Å². The monoisotopic (exact) mass is 660 g/mol. The van der Waals surface area contributed by atoms with E-state index in [0.29, 0.717) is 11.4 Å². The quantitative estimate of drug-likeness (QED) is 0.128. The number of esters is 1. The molecule has 18 nitrogen and oxygen atoms in total. The van der Waals surface area contributed by atoms with Crippen molar-refractivity contribution in [3.05, 3.63) is 22.5 Å². The number of carbonyl (C=O) groups is 1. The first kappa shape index (κ1) is 33.7. The summed E-state index contributed by atoms with van der Waals surface area (Å²) in [6.07, 6.45) is -3.14. The second kappa shape index (κ2) is 12.7. The van der Waals surface area contributed by atoms with Crippen LogP contribution in [0.3, 0.4) is 0 Å². The average Bonchev–Trinajstić information content (AvgIpc) is 3.52. The van der Waals surface area contributed by atoms with Crippen molar-refractivity contribution in [1.82, 2.24) is 33.7 Å². The van der Waals surface area contributed by atoms with Gasteiger partial charge in [0.2, 0.25) is 17.7 Å². The van der Waals surface area contributed by atoms with E-state index in [1.807, 2.05) is 0 Å². The lowest BCUT2D eigenvalue weighted by atomic mass is 9.96. The molecule has 0 radical (unpaired) electrons. The maximum Gasteiger partial charge on any atom is 0.330 e. The molecule has 2 unspecified atom stereocenters. The van der Waals surface area contributed by atoms with E-state index in [4.69, 9.17) is 24.5 Å². The molecule has 0 aromatic carbocycles. The number of hydrogen-bond donors (Lipinski definition) is 5. The number of nitrogens with two attached hydrogens (primary N) is 1. The molecule has 1 aliphatic heterocycles. The van der Waals surface area contributed by atoms with Gasteiger partial charge in [0, 0.05) is 19.8 Å². The summed E-state index contributed by atoms with van der Waals surface area (Å²) in [7, 11) is 4.20. The number of aliphatic hydroxyl groups excluding tert-OH is 1. The number of anilines is 1. The lowest BCUT2D eigenvalue weighted by Gasteiger charge is -2.27. The van der Waals surface area contributed by atoms with E-state index in [0.717, 1.165) is 4.57 Å². The van der Waals surface area contributed by atoms with Crippen molar-refractivity contribution in [3.8, 4) is 11.8 Å². The van der Waals surface area contributed by atoms with E-state index in [1.165, 1.54) is 50.5 Å². The second-order valence-electron chi connectivity index (χ2n) is 10.7. The van der Waals surface area contributed by atoms with Crippen LogP contribution in [0.4, 0.5) is 5.95 Å². The molecule has 20 heteroatoms. The zero-order valence-corrected chi connectivity index (χ0v) is 26.9. The summed E-state index contributed by atoms with van der Waals surface area (Å²) in [5.41, 5.74) is 3.96. The number of aliphatic hydroxyl groups is 2. The molecule has 1 saturated heterocycles. The van der Waals surface area contributed by atoms with Crippen molar-refractivity contribution in [1.29, 1.82) is 0 Å². The molecular weight excluding hydrogens is 623 g/mol. The van der Waals surface area contributed by atoms with Crippen LogP contribution in [0, 0.1) is 0 Å². The van der Waals surface area contributed by atoms with Crippen molar-refractivity contribution in [3.63, 3.8) is 0 Å². The summed E-state index contributed by atoms with van der Waals surface area (Å²) in [4.78, 5) is 37.1. The Balaban J connectivity index is 1.58. The summed E-state index contributed by atoms with van der Waals surface area (Å²) >= 11 is 0.704. The highest BCUT2D eigenvalue weighted by Crippen LogP contribution is 2.58. The van der Waals surface area contributed by atoms with Gasteiger partial charge in [-0.15, -0.1) is 0 Å². The Kier molecular flexibility index (Phi) is 9.70. The minimum Gasteiger partial charge on any atom is -0.493 e. The Morgan fingerprint density at radius 2 is 1.98 bits per heavy atom. The fourth-order valence-corrected chi connectivity index (χ4v) is 8.33. The molecule has 0 spiro atoms. The fourth-order valence-electron chi connectivity index (χ4n) is 4.59. The minimum absolute atomic E-state index is 0.0976. The van der Waals surface area contributed by atoms with Gasteiger partial charge in [-0.1, -0.05) is 0 Å². The molecule has 0 saturated carbocycles. The zero-order chi connectivity index (χ0) is 32.7. The van der Waals surface area contributed by atoms with E-state index in [9.17, 15) is 29.5 Å². The highest BCUT2D eigenvalue weighted by atomic mass is 32.7. The van der Waals surface area contributed by atoms with Gasteiger partial charge in [0.1, 0.15) is 23.9 Å². The highest BCUT2D eigenvalue weighted by molar-refractivity contribution is 8.55. The Labute approximate surface area is 255 Å². The number of methoxy groups -OCH3 is 1. The fraction of sp³-hybridized carbons (Fsp3) is 0.625. The van der Waals surface area contributed by atoms with Crippen molar-refractivity contribution in [2.24, 2.45) is 14.1 Å². The zero-order valence-electron chi connectivity index (χ0n) is 25.2. The number of nitrogens with one attached hydrogen (secondary N) is 1. The summed E-state index contributed by atoms with van der Waals surface area (Å²) in [5, 5.41) is 35.4. The van der Waals surface area contributed by atoms with Crippen LogP contribution in [0.15, 0.2) is 11.1 Å². The number of fused-ring (bicyclic) bond motifs is 1. The van der Waals surface area contributed by atoms with E-state index in [2.05, 4.69) is 20.0 Å². The Morgan fingerprint density at radius 1 is 1.30 bits per heavy atom. The molecule has 0 bridgehead atoms. The predicted octanol–water partition coefficient (Wildman–Crippen LogP) is 0.157. The maximum absolute atomic E-state index is 14.1. The predicted molar refractivity (Wildman–Crippen MR) is 158 cm³/mol. The van der Waals surface area contributed by atoms with Crippen LogP contribution in [0.25, 0.3) is 11.2 Å². The lowest BCUT2D eigenvalue weighted by Crippen LogP contribution is -2.44. The average molecular weight is 661 g/mol. The Hall–Kier alpha value is -3.19. The molecule has 3 aromatic heterocycles. The molecule has 1 aliphatic rings. The third-order valence-electron chi connectivity index (χ3n) is 7.00. The van der Waals surface area contributed by atoms with Gasteiger partial charge in [0.25, 0.3) is 0 Å². The van der Waals surface area contributed by atoms with Crippen LogP contribution in [-0.4, -0.2) is 93.6 Å². The number of aromatic hydroxyl groups is 1. The van der Waals surface area contributed by atoms with Crippen LogP contribution in [0.2, 0.25) is 0 Å². The number of aromatic nitrogens is 6. The second-order valence-corrected chi connectivity index (χ2v) is 15.0. The smallest absolute Gasteiger partial charge is 0.330 e. The minimum atomic E-state index is -4.06. The molecule has 244 valence electrons. The summed E-state index contributed by atoms with van der Waals surface area (Å²) in [5.74, 6) is -1.20. The summed E-state index contributed by atoms with van der Waals surface area (Å²) < 4.78 is 39.9. The van der Waals surface area contributed by atoms with Crippen LogP contribution in [-0.2, 0) is 43.2 Å². The standard InChI is InChI=1S/C24H37N8O10PS/c1-11(2)41-20(35)12(3)29-43(38,44-9-13-19(34)31(6)23(36)30(13)5)40-8-14-16(33)24(4,37)21(42-14)32-10-26-15-17(32)27-22(25)28-18(15)39-7/h10-12,14,16,21,33-34,37H,8-9H2,1-7H3,(H,29,38)(H2,25,27,28)/t12-,14?,16+,21+,24+,43?/m0/s1. The van der Waals surface area contributed by atoms with Crippen LogP contribution in [0.1, 0.15) is 39.6 Å². The summed E-state index contributed by atoms with van der Waals surface area (Å²) in [6, 6.07) is -1.09. The molecule has 4 heterocycles. The van der Waals surface area contributed by atoms with Crippen molar-refractivity contribution >= 4 is 41.2 Å². The van der Waals surface area contributed by atoms with Crippen molar-refractivity contribution in [2.75, 3.05) is 19.5 Å². The van der Waals surface area contributed by atoms with Gasteiger partial charge in [-0.2, -0.15) is 9.97 Å². The first-order valence-electron chi connectivity index (χ1n) is 13.4. The molecular formula is C24H37N8O10PS. The number of carbonyl (C=O) groups excluding carboxylic acids is 1. The van der Waals surface area contributed by atoms with Gasteiger partial charge in [0.05, 0.1) is 31.8 Å². The number of nitrogen functional groups attached to an aromatic ring is 1. The maximum atomic E-state index is 14.1. The van der Waals surface area contributed by atoms with Crippen LogP contribution < -0.4 is 21.2 Å². The van der Waals surface area contributed by atoms with Crippen molar-refractivity contribution < 1.29 is 43.4 Å².